The maximum atomic E-state index is 12.6. The Morgan fingerprint density at radius 1 is 1.17 bits per heavy atom. The van der Waals surface area contributed by atoms with E-state index in [-0.39, 0.29) is 5.91 Å². The molecule has 29 heavy (non-hydrogen) atoms. The van der Waals surface area contributed by atoms with Crippen molar-refractivity contribution < 1.29 is 9.53 Å². The van der Waals surface area contributed by atoms with E-state index in [9.17, 15) is 4.79 Å². The van der Waals surface area contributed by atoms with Crippen LogP contribution in [0.25, 0.3) is 16.7 Å². The molecule has 1 aliphatic carbocycles. The molecule has 1 N–H and O–H groups in total. The van der Waals surface area contributed by atoms with Gasteiger partial charge in [-0.1, -0.05) is 11.6 Å². The Hall–Kier alpha value is -3.08. The van der Waals surface area contributed by atoms with Crippen LogP contribution in [0.2, 0.25) is 0 Å². The van der Waals surface area contributed by atoms with Gasteiger partial charge in [0, 0.05) is 17.8 Å². The fourth-order valence-corrected chi connectivity index (χ4v) is 3.97. The zero-order chi connectivity index (χ0) is 20.2. The van der Waals surface area contributed by atoms with Crippen molar-refractivity contribution >= 4 is 16.9 Å². The summed E-state index contributed by atoms with van der Waals surface area (Å²) < 4.78 is 7.33. The second-order valence-electron chi connectivity index (χ2n) is 7.51. The predicted octanol–water partition coefficient (Wildman–Crippen LogP) is 4.96. The van der Waals surface area contributed by atoms with Crippen LogP contribution in [0, 0.1) is 6.92 Å². The van der Waals surface area contributed by atoms with Crippen LogP contribution in [0.1, 0.15) is 48.3 Å². The fourth-order valence-electron chi connectivity index (χ4n) is 3.97. The predicted molar refractivity (Wildman–Crippen MR) is 116 cm³/mol. The number of nitrogens with one attached hydrogen (secondary N) is 1. The van der Waals surface area contributed by atoms with Crippen molar-refractivity contribution in [2.75, 3.05) is 13.7 Å². The molecule has 150 valence electrons. The molecular weight excluding hydrogens is 362 g/mol. The number of hydrogen-bond acceptors (Lipinski definition) is 3. The highest BCUT2D eigenvalue weighted by Gasteiger charge is 2.13. The van der Waals surface area contributed by atoms with E-state index in [0.717, 1.165) is 34.7 Å². The molecule has 0 saturated carbocycles. The van der Waals surface area contributed by atoms with Crippen LogP contribution in [0.15, 0.2) is 54.1 Å². The summed E-state index contributed by atoms with van der Waals surface area (Å²) in [5, 5.41) is 3.05. The average Bonchev–Trinajstić information content (AvgIpc) is 3.09. The Kier molecular flexibility index (Phi) is 5.65. The van der Waals surface area contributed by atoms with Crippen LogP contribution >= 0.6 is 0 Å². The molecule has 0 spiro atoms. The Labute approximate surface area is 171 Å². The Morgan fingerprint density at radius 3 is 2.72 bits per heavy atom. The number of carbonyl (C=O) groups is 1. The minimum Gasteiger partial charge on any atom is -0.497 e. The van der Waals surface area contributed by atoms with Crippen LogP contribution in [0.3, 0.4) is 0 Å². The van der Waals surface area contributed by atoms with E-state index in [0.29, 0.717) is 12.1 Å². The molecule has 1 aromatic heterocycles. The lowest BCUT2D eigenvalue weighted by atomic mass is 9.97. The van der Waals surface area contributed by atoms with Gasteiger partial charge in [0.2, 0.25) is 0 Å². The van der Waals surface area contributed by atoms with Gasteiger partial charge in [0.1, 0.15) is 11.6 Å². The highest BCUT2D eigenvalue weighted by atomic mass is 16.5. The van der Waals surface area contributed by atoms with Crippen molar-refractivity contribution in [2.45, 2.75) is 39.0 Å². The molecule has 5 heteroatoms. The topological polar surface area (TPSA) is 56.2 Å². The molecule has 0 bridgehead atoms. The van der Waals surface area contributed by atoms with Gasteiger partial charge in [-0.3, -0.25) is 9.36 Å². The van der Waals surface area contributed by atoms with Crippen molar-refractivity contribution in [1.29, 1.82) is 0 Å². The first-order chi connectivity index (χ1) is 14.2. The number of benzene rings is 2. The van der Waals surface area contributed by atoms with E-state index < -0.39 is 0 Å². The molecule has 0 atom stereocenters. The highest BCUT2D eigenvalue weighted by Crippen LogP contribution is 2.24. The molecule has 4 rings (SSSR count). The number of amides is 1. The summed E-state index contributed by atoms with van der Waals surface area (Å²) in [4.78, 5) is 17.3. The minimum atomic E-state index is -0.0417. The molecule has 1 heterocycles. The van der Waals surface area contributed by atoms with E-state index in [1.165, 1.54) is 31.3 Å². The zero-order valence-corrected chi connectivity index (χ0v) is 17.1. The SMILES string of the molecule is COc1ccc(-n2c(C)nc3cc(C(=O)NCCC4=CCCCC4)ccc32)cc1. The molecule has 1 aliphatic rings. The molecule has 5 nitrogen and oxygen atoms in total. The van der Waals surface area contributed by atoms with Gasteiger partial charge in [-0.25, -0.2) is 4.98 Å². The van der Waals surface area contributed by atoms with Crippen LogP contribution in [0.4, 0.5) is 0 Å². The number of ether oxygens (including phenoxy) is 1. The lowest BCUT2D eigenvalue weighted by molar-refractivity contribution is 0.0954. The third-order valence-electron chi connectivity index (χ3n) is 5.53. The summed E-state index contributed by atoms with van der Waals surface area (Å²) in [6.45, 7) is 2.66. The van der Waals surface area contributed by atoms with Crippen molar-refractivity contribution in [3.05, 3.63) is 65.5 Å². The van der Waals surface area contributed by atoms with Crippen molar-refractivity contribution in [2.24, 2.45) is 0 Å². The number of rotatable bonds is 6. The fraction of sp³-hybridized carbons (Fsp3) is 0.333. The van der Waals surface area contributed by atoms with Gasteiger partial charge in [-0.05, 0) is 81.5 Å². The third-order valence-corrected chi connectivity index (χ3v) is 5.53. The van der Waals surface area contributed by atoms with E-state index >= 15 is 0 Å². The van der Waals surface area contributed by atoms with Gasteiger partial charge >= 0.3 is 0 Å². The van der Waals surface area contributed by atoms with Crippen LogP contribution in [-0.2, 0) is 0 Å². The largest absolute Gasteiger partial charge is 0.497 e. The normalized spacial score (nSPS) is 13.9. The number of hydrogen-bond donors (Lipinski definition) is 1. The van der Waals surface area contributed by atoms with Gasteiger partial charge < -0.3 is 10.1 Å². The number of allylic oxidation sites excluding steroid dienone is 1. The van der Waals surface area contributed by atoms with E-state index in [1.807, 2.05) is 49.4 Å². The number of aryl methyl sites for hydroxylation is 1. The Morgan fingerprint density at radius 2 is 2.00 bits per heavy atom. The second-order valence-corrected chi connectivity index (χ2v) is 7.51. The first kappa shape index (κ1) is 19.2. The Balaban J connectivity index is 1.50. The molecule has 2 aromatic carbocycles. The molecule has 0 fully saturated rings. The first-order valence-electron chi connectivity index (χ1n) is 10.3. The third kappa shape index (κ3) is 4.19. The van der Waals surface area contributed by atoms with Gasteiger partial charge in [-0.2, -0.15) is 0 Å². The quantitative estimate of drug-likeness (QED) is 0.606. The molecular formula is C24H27N3O2. The van der Waals surface area contributed by atoms with Gasteiger partial charge in [0.15, 0.2) is 0 Å². The number of methoxy groups -OCH3 is 1. The number of carbonyl (C=O) groups excluding carboxylic acids is 1. The average molecular weight is 389 g/mol. The molecule has 3 aromatic rings. The summed E-state index contributed by atoms with van der Waals surface area (Å²) in [6.07, 6.45) is 8.18. The monoisotopic (exact) mass is 389 g/mol. The number of aromatic nitrogens is 2. The summed E-state index contributed by atoms with van der Waals surface area (Å²) in [5.41, 5.74) is 4.94. The van der Waals surface area contributed by atoms with Crippen molar-refractivity contribution in [1.82, 2.24) is 14.9 Å². The number of fused-ring (bicyclic) bond motifs is 1. The smallest absolute Gasteiger partial charge is 0.251 e. The standard InChI is InChI=1S/C24H27N3O2/c1-17-26-22-16-19(24(28)25-15-14-18-6-4-3-5-7-18)8-13-23(22)27(17)20-9-11-21(29-2)12-10-20/h6,8-13,16H,3-5,7,14-15H2,1-2H3,(H,25,28). The van der Waals surface area contributed by atoms with Crippen LogP contribution in [0.5, 0.6) is 5.75 Å². The van der Waals surface area contributed by atoms with E-state index in [1.54, 1.807) is 7.11 Å². The molecule has 0 saturated heterocycles. The minimum absolute atomic E-state index is 0.0417. The van der Waals surface area contributed by atoms with Crippen LogP contribution in [-0.4, -0.2) is 29.1 Å². The first-order valence-corrected chi connectivity index (χ1v) is 10.3. The van der Waals surface area contributed by atoms with E-state index in [4.69, 9.17) is 4.74 Å². The van der Waals surface area contributed by atoms with Gasteiger partial charge in [0.05, 0.1) is 18.1 Å². The maximum absolute atomic E-state index is 12.6. The van der Waals surface area contributed by atoms with Crippen molar-refractivity contribution in [3.63, 3.8) is 0 Å². The van der Waals surface area contributed by atoms with Gasteiger partial charge in [0.25, 0.3) is 5.91 Å². The van der Waals surface area contributed by atoms with Crippen molar-refractivity contribution in [3.8, 4) is 11.4 Å². The Bertz CT molecular complexity index is 1050. The summed E-state index contributed by atoms with van der Waals surface area (Å²) in [7, 11) is 1.66. The lowest BCUT2D eigenvalue weighted by Gasteiger charge is -2.13. The number of imidazole rings is 1. The van der Waals surface area contributed by atoms with Crippen LogP contribution < -0.4 is 10.1 Å². The summed E-state index contributed by atoms with van der Waals surface area (Å²) >= 11 is 0. The van der Waals surface area contributed by atoms with Gasteiger partial charge in [-0.15, -0.1) is 0 Å². The zero-order valence-electron chi connectivity index (χ0n) is 17.1. The molecule has 0 unspecified atom stereocenters. The van der Waals surface area contributed by atoms with E-state index in [2.05, 4.69) is 20.9 Å². The lowest BCUT2D eigenvalue weighted by Crippen LogP contribution is -2.24. The second kappa shape index (κ2) is 8.52. The highest BCUT2D eigenvalue weighted by molar-refractivity contribution is 5.97. The molecule has 0 aliphatic heterocycles. The molecule has 0 radical (unpaired) electrons. The summed E-state index contributed by atoms with van der Waals surface area (Å²) in [6, 6.07) is 13.6. The number of nitrogens with zero attached hydrogens (tertiary/aromatic N) is 2. The summed E-state index contributed by atoms with van der Waals surface area (Å²) in [5.74, 6) is 1.66. The maximum Gasteiger partial charge on any atom is 0.251 e. The molecule has 1 amide bonds.